The van der Waals surface area contributed by atoms with E-state index in [1.165, 1.54) is 4.68 Å². The van der Waals surface area contributed by atoms with Crippen LogP contribution < -0.4 is 16.2 Å². The Hall–Kier alpha value is -2.97. The van der Waals surface area contributed by atoms with Crippen molar-refractivity contribution in [3.8, 4) is 5.95 Å². The van der Waals surface area contributed by atoms with E-state index >= 15 is 0 Å². The summed E-state index contributed by atoms with van der Waals surface area (Å²) in [5.74, 6) is -1.01. The van der Waals surface area contributed by atoms with Crippen LogP contribution in [-0.4, -0.2) is 38.1 Å². The summed E-state index contributed by atoms with van der Waals surface area (Å²) in [6, 6.07) is 1.61. The van der Waals surface area contributed by atoms with Gasteiger partial charge in [0.05, 0.1) is 11.4 Å². The molecule has 0 spiro atoms. The number of aromatic amines is 1. The zero-order chi connectivity index (χ0) is 18.0. The lowest BCUT2D eigenvalue weighted by molar-refractivity contribution is -0.136. The highest BCUT2D eigenvalue weighted by molar-refractivity contribution is 6.39. The van der Waals surface area contributed by atoms with Gasteiger partial charge in [0.2, 0.25) is 5.95 Å². The maximum atomic E-state index is 12.2. The van der Waals surface area contributed by atoms with Crippen LogP contribution in [0.5, 0.6) is 0 Å². The van der Waals surface area contributed by atoms with E-state index in [0.29, 0.717) is 17.8 Å². The van der Waals surface area contributed by atoms with E-state index in [1.54, 1.807) is 13.0 Å². The molecule has 3 rings (SSSR count). The van der Waals surface area contributed by atoms with Crippen LogP contribution in [0, 0.1) is 6.92 Å². The van der Waals surface area contributed by atoms with Gasteiger partial charge in [0.1, 0.15) is 5.82 Å². The number of nitrogens with one attached hydrogen (secondary N) is 3. The number of rotatable bonds is 4. The van der Waals surface area contributed by atoms with E-state index in [0.717, 1.165) is 31.4 Å². The average Bonchev–Trinajstić information content (AvgIpc) is 3.19. The molecule has 0 atom stereocenters. The molecule has 2 aromatic rings. The van der Waals surface area contributed by atoms with Crippen molar-refractivity contribution < 1.29 is 9.59 Å². The molecule has 2 amide bonds. The van der Waals surface area contributed by atoms with Crippen LogP contribution in [0.4, 0.5) is 5.82 Å². The first-order valence-electron chi connectivity index (χ1n) is 8.28. The fourth-order valence-corrected chi connectivity index (χ4v) is 2.77. The molecule has 0 saturated heterocycles. The molecule has 9 heteroatoms. The number of aryl methyl sites for hydroxylation is 2. The van der Waals surface area contributed by atoms with Gasteiger partial charge in [0, 0.05) is 18.2 Å². The summed E-state index contributed by atoms with van der Waals surface area (Å²) in [6.45, 7) is 4.06. The van der Waals surface area contributed by atoms with Crippen molar-refractivity contribution in [2.75, 3.05) is 11.9 Å². The number of fused-ring (bicyclic) bond motifs is 1. The molecule has 0 radical (unpaired) electrons. The van der Waals surface area contributed by atoms with Crippen LogP contribution in [0.3, 0.4) is 0 Å². The van der Waals surface area contributed by atoms with Gasteiger partial charge >= 0.3 is 11.8 Å². The zero-order valence-electron chi connectivity index (χ0n) is 14.2. The molecule has 0 bridgehead atoms. The lowest BCUT2D eigenvalue weighted by atomic mass is 10.3. The number of carbonyl (C=O) groups excluding carboxylic acids is 2. The third-order valence-corrected chi connectivity index (χ3v) is 3.94. The molecule has 1 aliphatic rings. The number of H-pyrrole nitrogens is 1. The van der Waals surface area contributed by atoms with Gasteiger partial charge in [-0.2, -0.15) is 9.78 Å². The van der Waals surface area contributed by atoms with Crippen LogP contribution in [0.15, 0.2) is 10.9 Å². The number of carbonyl (C=O) groups is 2. The minimum absolute atomic E-state index is 0.191. The second-order valence-corrected chi connectivity index (χ2v) is 5.96. The summed E-state index contributed by atoms with van der Waals surface area (Å²) < 4.78 is 1.33. The molecule has 3 N–H and O–H groups in total. The standard InChI is InChI=1S/C16H20N6O3/c1-3-7-17-14(24)15(25)19-12-8-9(2)21-22(12)16-18-11-6-4-5-10(11)13(23)20-16/h8H,3-7H2,1-2H3,(H,17,24)(H,19,25)(H,18,20,23). The molecule has 1 aliphatic carbocycles. The van der Waals surface area contributed by atoms with E-state index in [1.807, 2.05) is 6.92 Å². The van der Waals surface area contributed by atoms with Crippen LogP contribution in [0.1, 0.15) is 36.7 Å². The molecule has 0 saturated carbocycles. The van der Waals surface area contributed by atoms with Gasteiger partial charge in [-0.25, -0.2) is 4.98 Å². The Morgan fingerprint density at radius 1 is 1.32 bits per heavy atom. The van der Waals surface area contributed by atoms with E-state index in [9.17, 15) is 14.4 Å². The van der Waals surface area contributed by atoms with Gasteiger partial charge in [-0.15, -0.1) is 0 Å². The number of anilines is 1. The fourth-order valence-electron chi connectivity index (χ4n) is 2.77. The lowest BCUT2D eigenvalue weighted by Crippen LogP contribution is -2.36. The second-order valence-electron chi connectivity index (χ2n) is 5.96. The third kappa shape index (κ3) is 3.44. The maximum absolute atomic E-state index is 12.2. The molecule has 0 aliphatic heterocycles. The minimum atomic E-state index is -0.793. The summed E-state index contributed by atoms with van der Waals surface area (Å²) in [5.41, 5.74) is 1.89. The highest BCUT2D eigenvalue weighted by Crippen LogP contribution is 2.19. The van der Waals surface area contributed by atoms with Gasteiger partial charge in [-0.1, -0.05) is 6.92 Å². The normalized spacial score (nSPS) is 12.7. The predicted molar refractivity (Wildman–Crippen MR) is 90.7 cm³/mol. The van der Waals surface area contributed by atoms with Crippen LogP contribution in [0.25, 0.3) is 5.95 Å². The molecule has 2 heterocycles. The molecule has 0 aromatic carbocycles. The Labute approximate surface area is 143 Å². The van der Waals surface area contributed by atoms with Crippen molar-refractivity contribution in [1.29, 1.82) is 0 Å². The monoisotopic (exact) mass is 344 g/mol. The number of aromatic nitrogens is 4. The summed E-state index contributed by atoms with van der Waals surface area (Å²) in [4.78, 5) is 43.1. The fraction of sp³-hybridized carbons (Fsp3) is 0.438. The molecule has 9 nitrogen and oxygen atoms in total. The van der Waals surface area contributed by atoms with Crippen molar-refractivity contribution in [3.63, 3.8) is 0 Å². The van der Waals surface area contributed by atoms with Gasteiger partial charge in [-0.3, -0.25) is 19.4 Å². The number of amides is 2. The summed E-state index contributed by atoms with van der Waals surface area (Å²) >= 11 is 0. The first-order chi connectivity index (χ1) is 12.0. The highest BCUT2D eigenvalue weighted by atomic mass is 16.2. The van der Waals surface area contributed by atoms with Crippen LogP contribution in [-0.2, 0) is 22.4 Å². The van der Waals surface area contributed by atoms with E-state index in [4.69, 9.17) is 0 Å². The first-order valence-corrected chi connectivity index (χ1v) is 8.28. The number of hydrogen-bond donors (Lipinski definition) is 3. The third-order valence-electron chi connectivity index (χ3n) is 3.94. The van der Waals surface area contributed by atoms with Gasteiger partial charge in [-0.05, 0) is 32.6 Å². The van der Waals surface area contributed by atoms with Gasteiger partial charge in [0.25, 0.3) is 5.56 Å². The SMILES string of the molecule is CCCNC(=O)C(=O)Nc1cc(C)nn1-c1nc2c(c(=O)[nH]1)CCC2. The maximum Gasteiger partial charge on any atom is 0.314 e. The minimum Gasteiger partial charge on any atom is -0.348 e. The summed E-state index contributed by atoms with van der Waals surface area (Å²) in [5, 5.41) is 9.28. The molecular weight excluding hydrogens is 324 g/mol. The second kappa shape index (κ2) is 6.88. The van der Waals surface area contributed by atoms with Crippen molar-refractivity contribution in [2.24, 2.45) is 0 Å². The average molecular weight is 344 g/mol. The highest BCUT2D eigenvalue weighted by Gasteiger charge is 2.21. The molecule has 2 aromatic heterocycles. The zero-order valence-corrected chi connectivity index (χ0v) is 14.2. The van der Waals surface area contributed by atoms with Crippen molar-refractivity contribution >= 4 is 17.6 Å². The van der Waals surface area contributed by atoms with Crippen molar-refractivity contribution in [1.82, 2.24) is 25.1 Å². The molecular formula is C16H20N6O3. The van der Waals surface area contributed by atoms with E-state index < -0.39 is 11.8 Å². The Balaban J connectivity index is 1.89. The van der Waals surface area contributed by atoms with Crippen LogP contribution >= 0.6 is 0 Å². The van der Waals surface area contributed by atoms with E-state index in [-0.39, 0.29) is 17.3 Å². The number of nitrogens with zero attached hydrogens (tertiary/aromatic N) is 3. The van der Waals surface area contributed by atoms with Gasteiger partial charge < -0.3 is 10.6 Å². The summed E-state index contributed by atoms with van der Waals surface area (Å²) in [7, 11) is 0. The predicted octanol–water partition coefficient (Wildman–Crippen LogP) is 0.217. The molecule has 25 heavy (non-hydrogen) atoms. The first kappa shape index (κ1) is 16.9. The lowest BCUT2D eigenvalue weighted by Gasteiger charge is -2.09. The molecule has 132 valence electrons. The van der Waals surface area contributed by atoms with Crippen molar-refractivity contribution in [2.45, 2.75) is 39.5 Å². The van der Waals surface area contributed by atoms with Crippen molar-refractivity contribution in [3.05, 3.63) is 33.4 Å². The topological polar surface area (TPSA) is 122 Å². The van der Waals surface area contributed by atoms with E-state index in [2.05, 4.69) is 25.7 Å². The Morgan fingerprint density at radius 3 is 2.88 bits per heavy atom. The Morgan fingerprint density at radius 2 is 2.12 bits per heavy atom. The Bertz CT molecular complexity index is 882. The number of hydrogen-bond acceptors (Lipinski definition) is 5. The quantitative estimate of drug-likeness (QED) is 0.685. The Kier molecular flexibility index (Phi) is 4.64. The van der Waals surface area contributed by atoms with Gasteiger partial charge in [0.15, 0.2) is 0 Å². The summed E-state index contributed by atoms with van der Waals surface area (Å²) in [6.07, 6.45) is 3.09. The van der Waals surface area contributed by atoms with Crippen LogP contribution in [0.2, 0.25) is 0 Å². The smallest absolute Gasteiger partial charge is 0.314 e. The molecule has 0 fully saturated rings. The molecule has 0 unspecified atom stereocenters. The largest absolute Gasteiger partial charge is 0.348 e.